The van der Waals surface area contributed by atoms with Gasteiger partial charge < -0.3 is 10.6 Å². The summed E-state index contributed by atoms with van der Waals surface area (Å²) in [5, 5.41) is 2.63. The Morgan fingerprint density at radius 1 is 1.73 bits per heavy atom. The van der Waals surface area contributed by atoms with E-state index < -0.39 is 0 Å². The number of thiazole rings is 1. The summed E-state index contributed by atoms with van der Waals surface area (Å²) in [5.74, 6) is 0.0518. The van der Waals surface area contributed by atoms with Crippen LogP contribution in [0.15, 0.2) is 5.38 Å². The van der Waals surface area contributed by atoms with Gasteiger partial charge in [-0.25, -0.2) is 4.98 Å². The predicted octanol–water partition coefficient (Wildman–Crippen LogP) is 1.23. The highest BCUT2D eigenvalue weighted by Crippen LogP contribution is 2.28. The lowest BCUT2D eigenvalue weighted by Gasteiger charge is -2.18. The Morgan fingerprint density at radius 3 is 2.93 bits per heavy atom. The maximum absolute atomic E-state index is 12.0. The van der Waals surface area contributed by atoms with Crippen LogP contribution in [0.4, 0.5) is 0 Å². The summed E-state index contributed by atoms with van der Waals surface area (Å²) in [5.41, 5.74) is 6.02. The average Bonchev–Trinajstić information content (AvgIpc) is 2.97. The van der Waals surface area contributed by atoms with E-state index >= 15 is 0 Å². The minimum Gasteiger partial charge on any atom is -0.335 e. The van der Waals surface area contributed by atoms with Crippen molar-refractivity contribution in [3.8, 4) is 0 Å². The Kier molecular flexibility index (Phi) is 3.02. The van der Waals surface area contributed by atoms with Crippen LogP contribution in [0.2, 0.25) is 0 Å². The molecule has 0 saturated heterocycles. The van der Waals surface area contributed by atoms with Gasteiger partial charge in [-0.1, -0.05) is 0 Å². The molecule has 15 heavy (non-hydrogen) atoms. The zero-order chi connectivity index (χ0) is 10.8. The minimum absolute atomic E-state index is 0.0518. The van der Waals surface area contributed by atoms with E-state index in [1.54, 1.807) is 5.38 Å². The molecule has 0 aliphatic heterocycles. The fourth-order valence-corrected chi connectivity index (χ4v) is 2.25. The molecule has 1 aromatic rings. The smallest absolute Gasteiger partial charge is 0.273 e. The second-order valence-corrected chi connectivity index (χ2v) is 4.60. The first-order valence-corrected chi connectivity index (χ1v) is 6.09. The molecule has 2 N–H and O–H groups in total. The van der Waals surface area contributed by atoms with Crippen molar-refractivity contribution in [2.24, 2.45) is 5.73 Å². The average molecular weight is 225 g/mol. The number of amides is 1. The highest BCUT2D eigenvalue weighted by Gasteiger charge is 2.32. The third-order valence-electron chi connectivity index (χ3n) is 2.53. The molecule has 5 heteroatoms. The van der Waals surface area contributed by atoms with Crippen molar-refractivity contribution in [2.45, 2.75) is 32.4 Å². The van der Waals surface area contributed by atoms with E-state index in [2.05, 4.69) is 4.98 Å². The van der Waals surface area contributed by atoms with Crippen LogP contribution in [0.3, 0.4) is 0 Å². The van der Waals surface area contributed by atoms with Gasteiger partial charge in [-0.05, 0) is 19.8 Å². The number of carbonyl (C=O) groups is 1. The van der Waals surface area contributed by atoms with Gasteiger partial charge in [0.1, 0.15) is 10.7 Å². The summed E-state index contributed by atoms with van der Waals surface area (Å²) in [6, 6.07) is 0.450. The Hall–Kier alpha value is -0.940. The first kappa shape index (κ1) is 10.6. The second-order valence-electron chi connectivity index (χ2n) is 3.65. The molecule has 1 aliphatic carbocycles. The number of hydrogen-bond donors (Lipinski definition) is 1. The lowest BCUT2D eigenvalue weighted by molar-refractivity contribution is 0.0747. The molecule has 1 fully saturated rings. The molecule has 0 spiro atoms. The number of rotatable bonds is 4. The molecule has 4 nitrogen and oxygen atoms in total. The molecule has 0 radical (unpaired) electrons. The highest BCUT2D eigenvalue weighted by atomic mass is 32.1. The third kappa shape index (κ3) is 2.18. The molecule has 0 bridgehead atoms. The summed E-state index contributed by atoms with van der Waals surface area (Å²) >= 11 is 1.45. The fraction of sp³-hybridized carbons (Fsp3) is 0.600. The van der Waals surface area contributed by atoms with Crippen molar-refractivity contribution in [3.63, 3.8) is 0 Å². The fourth-order valence-electron chi connectivity index (χ4n) is 1.60. The molecule has 2 rings (SSSR count). The molecule has 0 unspecified atom stereocenters. The predicted molar refractivity (Wildman–Crippen MR) is 59.7 cm³/mol. The SMILES string of the molecule is CCN(C(=O)c1csc(CN)n1)C1CC1. The molecule has 1 aromatic heterocycles. The Balaban J connectivity index is 2.11. The number of carbonyl (C=O) groups excluding carboxylic acids is 1. The molecular weight excluding hydrogens is 210 g/mol. The summed E-state index contributed by atoms with van der Waals surface area (Å²) in [6.45, 7) is 3.18. The van der Waals surface area contributed by atoms with Crippen molar-refractivity contribution in [1.82, 2.24) is 9.88 Å². The first-order valence-electron chi connectivity index (χ1n) is 5.21. The van der Waals surface area contributed by atoms with Crippen LogP contribution in [0.1, 0.15) is 35.3 Å². The molecule has 1 aliphatic rings. The summed E-state index contributed by atoms with van der Waals surface area (Å²) in [7, 11) is 0. The number of aromatic nitrogens is 1. The molecule has 82 valence electrons. The van der Waals surface area contributed by atoms with Crippen molar-refractivity contribution in [1.29, 1.82) is 0 Å². The largest absolute Gasteiger partial charge is 0.335 e. The van der Waals surface area contributed by atoms with E-state index in [1.807, 2.05) is 11.8 Å². The molecule has 1 saturated carbocycles. The normalized spacial score (nSPS) is 15.3. The van der Waals surface area contributed by atoms with Gasteiger partial charge in [0, 0.05) is 24.5 Å². The van der Waals surface area contributed by atoms with Crippen LogP contribution in [0.25, 0.3) is 0 Å². The molecular formula is C10H15N3OS. The van der Waals surface area contributed by atoms with Gasteiger partial charge in [0.05, 0.1) is 0 Å². The summed E-state index contributed by atoms with van der Waals surface area (Å²) < 4.78 is 0. The van der Waals surface area contributed by atoms with Crippen molar-refractivity contribution >= 4 is 17.2 Å². The maximum Gasteiger partial charge on any atom is 0.273 e. The van der Waals surface area contributed by atoms with Gasteiger partial charge in [-0.2, -0.15) is 0 Å². The van der Waals surface area contributed by atoms with E-state index in [0.717, 1.165) is 24.4 Å². The lowest BCUT2D eigenvalue weighted by Crippen LogP contribution is -2.33. The minimum atomic E-state index is 0.0518. The van der Waals surface area contributed by atoms with Crippen LogP contribution in [-0.2, 0) is 6.54 Å². The Morgan fingerprint density at radius 2 is 2.47 bits per heavy atom. The molecule has 0 atom stereocenters. The first-order chi connectivity index (χ1) is 7.26. The maximum atomic E-state index is 12.0. The van der Waals surface area contributed by atoms with Gasteiger partial charge in [0.2, 0.25) is 0 Å². The monoisotopic (exact) mass is 225 g/mol. The van der Waals surface area contributed by atoms with Gasteiger partial charge in [-0.15, -0.1) is 11.3 Å². The second kappa shape index (κ2) is 4.28. The van der Waals surface area contributed by atoms with E-state index in [4.69, 9.17) is 5.73 Å². The van der Waals surface area contributed by atoms with Crippen LogP contribution >= 0.6 is 11.3 Å². The van der Waals surface area contributed by atoms with Gasteiger partial charge in [-0.3, -0.25) is 4.79 Å². The standard InChI is InChI=1S/C10H15N3OS/c1-2-13(7-3-4-7)10(14)8-6-15-9(5-11)12-8/h6-7H,2-5,11H2,1H3. The van der Waals surface area contributed by atoms with E-state index in [1.165, 1.54) is 11.3 Å². The highest BCUT2D eigenvalue weighted by molar-refractivity contribution is 7.09. The quantitative estimate of drug-likeness (QED) is 0.838. The zero-order valence-corrected chi connectivity index (χ0v) is 9.59. The third-order valence-corrected chi connectivity index (χ3v) is 3.41. The molecule has 0 aromatic carbocycles. The van der Waals surface area contributed by atoms with E-state index in [-0.39, 0.29) is 5.91 Å². The van der Waals surface area contributed by atoms with E-state index in [9.17, 15) is 4.79 Å². The van der Waals surface area contributed by atoms with Crippen LogP contribution in [0.5, 0.6) is 0 Å². The Labute approximate surface area is 93.1 Å². The van der Waals surface area contributed by atoms with E-state index in [0.29, 0.717) is 18.3 Å². The van der Waals surface area contributed by atoms with Crippen LogP contribution in [0, 0.1) is 0 Å². The number of hydrogen-bond acceptors (Lipinski definition) is 4. The number of nitrogens with zero attached hydrogens (tertiary/aromatic N) is 2. The van der Waals surface area contributed by atoms with Crippen molar-refractivity contribution in [2.75, 3.05) is 6.54 Å². The van der Waals surface area contributed by atoms with Crippen LogP contribution in [-0.4, -0.2) is 28.4 Å². The van der Waals surface area contributed by atoms with Crippen molar-refractivity contribution < 1.29 is 4.79 Å². The topological polar surface area (TPSA) is 59.2 Å². The lowest BCUT2D eigenvalue weighted by atomic mass is 10.3. The number of nitrogens with two attached hydrogens (primary N) is 1. The van der Waals surface area contributed by atoms with Crippen LogP contribution < -0.4 is 5.73 Å². The summed E-state index contributed by atoms with van der Waals surface area (Å²) in [6.07, 6.45) is 2.26. The van der Waals surface area contributed by atoms with Gasteiger partial charge in [0.15, 0.2) is 0 Å². The molecule has 1 amide bonds. The molecule has 1 heterocycles. The zero-order valence-electron chi connectivity index (χ0n) is 8.77. The van der Waals surface area contributed by atoms with Gasteiger partial charge >= 0.3 is 0 Å². The van der Waals surface area contributed by atoms with Crippen molar-refractivity contribution in [3.05, 3.63) is 16.1 Å². The Bertz CT molecular complexity index is 359. The summed E-state index contributed by atoms with van der Waals surface area (Å²) in [4.78, 5) is 18.1. The van der Waals surface area contributed by atoms with Gasteiger partial charge in [0.25, 0.3) is 5.91 Å².